The monoisotopic (exact) mass is 347 g/mol. The molecule has 2 aromatic carbocycles. The van der Waals surface area contributed by atoms with Gasteiger partial charge in [0.2, 0.25) is 0 Å². The van der Waals surface area contributed by atoms with Gasteiger partial charge in [0.05, 0.1) is 12.2 Å². The second kappa shape index (κ2) is 7.08. The number of nitrogens with zero attached hydrogens (tertiary/aromatic N) is 1. The number of ether oxygens (including phenoxy) is 1. The van der Waals surface area contributed by atoms with E-state index in [0.717, 1.165) is 19.6 Å². The van der Waals surface area contributed by atoms with Gasteiger partial charge < -0.3 is 4.74 Å². The van der Waals surface area contributed by atoms with E-state index in [9.17, 15) is 4.79 Å². The Labute approximate surface area is 155 Å². The zero-order valence-corrected chi connectivity index (χ0v) is 15.3. The van der Waals surface area contributed by atoms with Crippen LogP contribution in [0.4, 0.5) is 0 Å². The topological polar surface area (TPSA) is 29.5 Å². The Bertz CT molecular complexity index is 814. The average Bonchev–Trinajstić information content (AvgIpc) is 3.03. The minimum absolute atomic E-state index is 0.237. The number of piperidine rings is 1. The number of benzene rings is 2. The molecule has 3 nitrogen and oxygen atoms in total. The molecule has 0 amide bonds. The molecule has 4 rings (SSSR count). The SMILES string of the molecule is CCOC(=O)c1ccc(CN2CCC3(C=Cc4ccccc43)CC2)cc1. The predicted molar refractivity (Wildman–Crippen MR) is 104 cm³/mol. The Hall–Kier alpha value is -2.39. The molecule has 0 atom stereocenters. The first-order valence-electron chi connectivity index (χ1n) is 9.47. The van der Waals surface area contributed by atoms with Gasteiger partial charge in [-0.15, -0.1) is 0 Å². The highest BCUT2D eigenvalue weighted by molar-refractivity contribution is 5.89. The van der Waals surface area contributed by atoms with E-state index in [4.69, 9.17) is 4.74 Å². The molecule has 1 spiro atoms. The molecule has 2 aromatic rings. The van der Waals surface area contributed by atoms with Gasteiger partial charge in [-0.1, -0.05) is 48.6 Å². The summed E-state index contributed by atoms with van der Waals surface area (Å²) in [5.41, 5.74) is 4.99. The highest BCUT2D eigenvalue weighted by Crippen LogP contribution is 2.43. The lowest BCUT2D eigenvalue weighted by molar-refractivity contribution is 0.0526. The molecule has 1 saturated heterocycles. The third kappa shape index (κ3) is 3.19. The standard InChI is InChI=1S/C23H25NO2/c1-2-26-22(25)20-9-7-18(8-10-20)17-24-15-13-23(14-16-24)12-11-19-5-3-4-6-21(19)23/h3-12H,2,13-17H2,1H3. The fourth-order valence-electron chi connectivity index (χ4n) is 4.20. The van der Waals surface area contributed by atoms with Gasteiger partial charge in [0.15, 0.2) is 0 Å². The largest absolute Gasteiger partial charge is 0.462 e. The van der Waals surface area contributed by atoms with Crippen molar-refractivity contribution in [3.05, 3.63) is 76.9 Å². The molecule has 0 radical (unpaired) electrons. The Kier molecular flexibility index (Phi) is 4.64. The maximum Gasteiger partial charge on any atom is 0.338 e. The number of fused-ring (bicyclic) bond motifs is 2. The van der Waals surface area contributed by atoms with Crippen LogP contribution < -0.4 is 0 Å². The maximum atomic E-state index is 11.8. The highest BCUT2D eigenvalue weighted by atomic mass is 16.5. The van der Waals surface area contributed by atoms with Crippen molar-refractivity contribution in [2.24, 2.45) is 0 Å². The number of likely N-dealkylation sites (tertiary alicyclic amines) is 1. The number of hydrogen-bond acceptors (Lipinski definition) is 3. The van der Waals surface area contributed by atoms with Crippen molar-refractivity contribution in [2.45, 2.75) is 31.7 Å². The molecule has 134 valence electrons. The van der Waals surface area contributed by atoms with E-state index in [0.29, 0.717) is 12.2 Å². The maximum absolute atomic E-state index is 11.8. The Morgan fingerprint density at radius 2 is 1.81 bits per heavy atom. The van der Waals surface area contributed by atoms with Crippen molar-refractivity contribution < 1.29 is 9.53 Å². The first-order valence-corrected chi connectivity index (χ1v) is 9.47. The van der Waals surface area contributed by atoms with Crippen LogP contribution in [-0.2, 0) is 16.7 Å². The molecule has 26 heavy (non-hydrogen) atoms. The summed E-state index contributed by atoms with van der Waals surface area (Å²) >= 11 is 0. The first-order chi connectivity index (χ1) is 12.7. The second-order valence-corrected chi connectivity index (χ2v) is 7.27. The van der Waals surface area contributed by atoms with E-state index in [2.05, 4.69) is 41.3 Å². The first kappa shape index (κ1) is 17.0. The van der Waals surface area contributed by atoms with Gasteiger partial charge >= 0.3 is 5.97 Å². The van der Waals surface area contributed by atoms with Crippen LogP contribution in [0.5, 0.6) is 0 Å². The number of esters is 1. The van der Waals surface area contributed by atoms with E-state index in [1.165, 1.54) is 29.5 Å². The normalized spacial score (nSPS) is 18.0. The fraction of sp³-hybridized carbons (Fsp3) is 0.348. The number of allylic oxidation sites excluding steroid dienone is 1. The highest BCUT2D eigenvalue weighted by Gasteiger charge is 2.37. The molecule has 0 saturated carbocycles. The molecule has 0 unspecified atom stereocenters. The van der Waals surface area contributed by atoms with Crippen molar-refractivity contribution in [1.82, 2.24) is 4.90 Å². The molecule has 1 heterocycles. The van der Waals surface area contributed by atoms with Gasteiger partial charge in [0, 0.05) is 12.0 Å². The number of hydrogen-bond donors (Lipinski definition) is 0. The van der Waals surface area contributed by atoms with Crippen LogP contribution in [0.15, 0.2) is 54.6 Å². The van der Waals surface area contributed by atoms with Crippen LogP contribution in [0.25, 0.3) is 6.08 Å². The molecule has 1 aliphatic carbocycles. The summed E-state index contributed by atoms with van der Waals surface area (Å²) in [6, 6.07) is 16.6. The van der Waals surface area contributed by atoms with Crippen molar-refractivity contribution in [1.29, 1.82) is 0 Å². The van der Waals surface area contributed by atoms with E-state index >= 15 is 0 Å². The third-order valence-electron chi connectivity index (χ3n) is 5.70. The third-order valence-corrected chi connectivity index (χ3v) is 5.70. The zero-order valence-electron chi connectivity index (χ0n) is 15.3. The lowest BCUT2D eigenvalue weighted by atomic mass is 9.74. The van der Waals surface area contributed by atoms with Gasteiger partial charge in [-0.3, -0.25) is 4.90 Å². The molecule has 0 N–H and O–H groups in total. The van der Waals surface area contributed by atoms with E-state index in [1.54, 1.807) is 0 Å². The molecular formula is C23H25NO2. The molecule has 2 aliphatic rings. The number of carbonyl (C=O) groups is 1. The van der Waals surface area contributed by atoms with E-state index in [1.807, 2.05) is 31.2 Å². The quantitative estimate of drug-likeness (QED) is 0.767. The van der Waals surface area contributed by atoms with Gasteiger partial charge in [0.1, 0.15) is 0 Å². The summed E-state index contributed by atoms with van der Waals surface area (Å²) in [5, 5.41) is 0. The summed E-state index contributed by atoms with van der Waals surface area (Å²) in [4.78, 5) is 14.3. The van der Waals surface area contributed by atoms with Gasteiger partial charge in [0.25, 0.3) is 0 Å². The summed E-state index contributed by atoms with van der Waals surface area (Å²) < 4.78 is 5.04. The molecule has 3 heteroatoms. The lowest BCUT2D eigenvalue weighted by Crippen LogP contribution is -2.40. The van der Waals surface area contributed by atoms with E-state index < -0.39 is 0 Å². The van der Waals surface area contributed by atoms with Crippen LogP contribution in [0.1, 0.15) is 46.8 Å². The smallest absolute Gasteiger partial charge is 0.338 e. The summed E-state index contributed by atoms with van der Waals surface area (Å²) in [6.07, 6.45) is 7.05. The van der Waals surface area contributed by atoms with E-state index in [-0.39, 0.29) is 11.4 Å². The molecule has 1 aliphatic heterocycles. The van der Waals surface area contributed by atoms with Crippen LogP contribution in [-0.4, -0.2) is 30.6 Å². The van der Waals surface area contributed by atoms with Gasteiger partial charge in [-0.05, 0) is 61.7 Å². The van der Waals surface area contributed by atoms with Crippen molar-refractivity contribution >= 4 is 12.0 Å². The fourth-order valence-corrected chi connectivity index (χ4v) is 4.20. The predicted octanol–water partition coefficient (Wildman–Crippen LogP) is 4.42. The molecule has 0 bridgehead atoms. The lowest BCUT2D eigenvalue weighted by Gasteiger charge is -2.39. The molecule has 1 fully saturated rings. The average molecular weight is 347 g/mol. The molecular weight excluding hydrogens is 322 g/mol. The van der Waals surface area contributed by atoms with Crippen LogP contribution >= 0.6 is 0 Å². The van der Waals surface area contributed by atoms with Crippen molar-refractivity contribution in [2.75, 3.05) is 19.7 Å². The Balaban J connectivity index is 1.38. The number of rotatable bonds is 4. The number of carbonyl (C=O) groups excluding carboxylic acids is 1. The summed E-state index contributed by atoms with van der Waals surface area (Å²) in [5.74, 6) is -0.245. The van der Waals surface area contributed by atoms with Crippen LogP contribution in [0.2, 0.25) is 0 Å². The van der Waals surface area contributed by atoms with Crippen molar-refractivity contribution in [3.8, 4) is 0 Å². The minimum atomic E-state index is -0.245. The molecule has 0 aromatic heterocycles. The Morgan fingerprint density at radius 3 is 2.54 bits per heavy atom. The van der Waals surface area contributed by atoms with Gasteiger partial charge in [-0.2, -0.15) is 0 Å². The van der Waals surface area contributed by atoms with Crippen LogP contribution in [0, 0.1) is 0 Å². The zero-order chi connectivity index (χ0) is 18.0. The summed E-state index contributed by atoms with van der Waals surface area (Å²) in [7, 11) is 0. The van der Waals surface area contributed by atoms with Crippen LogP contribution in [0.3, 0.4) is 0 Å². The Morgan fingerprint density at radius 1 is 1.08 bits per heavy atom. The second-order valence-electron chi connectivity index (χ2n) is 7.27. The van der Waals surface area contributed by atoms with Crippen molar-refractivity contribution in [3.63, 3.8) is 0 Å². The minimum Gasteiger partial charge on any atom is -0.462 e. The summed E-state index contributed by atoms with van der Waals surface area (Å²) in [6.45, 7) is 5.36. The van der Waals surface area contributed by atoms with Gasteiger partial charge in [-0.25, -0.2) is 4.79 Å².